The van der Waals surface area contributed by atoms with Crippen molar-refractivity contribution in [2.75, 3.05) is 13.9 Å². The monoisotopic (exact) mass is 287 g/mol. The normalized spacial score (nSPS) is 12.4. The summed E-state index contributed by atoms with van der Waals surface area (Å²) in [6.45, 7) is 1.70. The molecule has 3 rings (SSSR count). The number of aromatic hydroxyl groups is 1. The van der Waals surface area contributed by atoms with Gasteiger partial charge in [-0.15, -0.1) is 0 Å². The first-order valence-corrected chi connectivity index (χ1v) is 6.71. The summed E-state index contributed by atoms with van der Waals surface area (Å²) in [5, 5.41) is 12.9. The Morgan fingerprint density at radius 1 is 1.05 bits per heavy atom. The van der Waals surface area contributed by atoms with Crippen LogP contribution in [0.3, 0.4) is 0 Å². The fraction of sp³-hybridized carbons (Fsp3) is 0.250. The maximum Gasteiger partial charge on any atom is 0.231 e. The molecule has 21 heavy (non-hydrogen) atoms. The topological polar surface area (TPSA) is 60.0 Å². The van der Waals surface area contributed by atoms with Crippen molar-refractivity contribution in [1.29, 1.82) is 0 Å². The minimum absolute atomic E-state index is 0.150. The molecule has 0 saturated heterocycles. The molecule has 2 N–H and O–H groups in total. The van der Waals surface area contributed by atoms with Crippen LogP contribution in [0.5, 0.6) is 23.0 Å². The van der Waals surface area contributed by atoms with E-state index in [0.717, 1.165) is 29.2 Å². The number of methoxy groups -OCH3 is 1. The lowest BCUT2D eigenvalue weighted by Crippen LogP contribution is -2.12. The van der Waals surface area contributed by atoms with Gasteiger partial charge in [-0.1, -0.05) is 12.1 Å². The molecule has 2 aromatic carbocycles. The van der Waals surface area contributed by atoms with Gasteiger partial charge in [0.05, 0.1) is 7.11 Å². The van der Waals surface area contributed by atoms with E-state index >= 15 is 0 Å². The molecule has 1 aliphatic heterocycles. The summed E-state index contributed by atoms with van der Waals surface area (Å²) in [7, 11) is 1.54. The first-order chi connectivity index (χ1) is 10.3. The van der Waals surface area contributed by atoms with Crippen LogP contribution in [0.15, 0.2) is 36.4 Å². The van der Waals surface area contributed by atoms with E-state index in [4.69, 9.17) is 14.2 Å². The van der Waals surface area contributed by atoms with Crippen molar-refractivity contribution >= 4 is 0 Å². The Morgan fingerprint density at radius 3 is 2.57 bits per heavy atom. The maximum absolute atomic E-state index is 9.56. The molecule has 0 aromatic heterocycles. The summed E-state index contributed by atoms with van der Waals surface area (Å²) in [6, 6.07) is 11.2. The molecular formula is C16H17NO4. The van der Waals surface area contributed by atoms with Crippen LogP contribution in [0.2, 0.25) is 0 Å². The quantitative estimate of drug-likeness (QED) is 0.884. The van der Waals surface area contributed by atoms with Crippen LogP contribution in [0.25, 0.3) is 0 Å². The first kappa shape index (κ1) is 13.6. The maximum atomic E-state index is 9.56. The van der Waals surface area contributed by atoms with Crippen LogP contribution in [0.1, 0.15) is 11.1 Å². The van der Waals surface area contributed by atoms with Gasteiger partial charge in [-0.2, -0.15) is 0 Å². The zero-order valence-corrected chi connectivity index (χ0v) is 11.8. The number of ether oxygens (including phenoxy) is 3. The van der Waals surface area contributed by atoms with Gasteiger partial charge >= 0.3 is 0 Å². The summed E-state index contributed by atoms with van der Waals surface area (Å²) < 4.78 is 15.7. The second kappa shape index (κ2) is 5.93. The lowest BCUT2D eigenvalue weighted by Gasteiger charge is -2.08. The highest BCUT2D eigenvalue weighted by molar-refractivity contribution is 5.44. The third kappa shape index (κ3) is 3.03. The number of rotatable bonds is 5. The lowest BCUT2D eigenvalue weighted by molar-refractivity contribution is 0.174. The van der Waals surface area contributed by atoms with Gasteiger partial charge in [0.15, 0.2) is 23.0 Å². The predicted molar refractivity (Wildman–Crippen MR) is 77.8 cm³/mol. The van der Waals surface area contributed by atoms with Gasteiger partial charge in [-0.05, 0) is 35.4 Å². The fourth-order valence-electron chi connectivity index (χ4n) is 2.23. The summed E-state index contributed by atoms with van der Waals surface area (Å²) in [4.78, 5) is 0. The largest absolute Gasteiger partial charge is 0.504 e. The van der Waals surface area contributed by atoms with Crippen molar-refractivity contribution in [3.8, 4) is 23.0 Å². The summed E-state index contributed by atoms with van der Waals surface area (Å²) >= 11 is 0. The van der Waals surface area contributed by atoms with E-state index < -0.39 is 0 Å². The smallest absolute Gasteiger partial charge is 0.231 e. The molecule has 0 unspecified atom stereocenters. The Morgan fingerprint density at radius 2 is 1.76 bits per heavy atom. The molecule has 0 bridgehead atoms. The van der Waals surface area contributed by atoms with Crippen LogP contribution in [0.4, 0.5) is 0 Å². The van der Waals surface area contributed by atoms with E-state index in [1.54, 1.807) is 13.2 Å². The molecule has 1 heterocycles. The van der Waals surface area contributed by atoms with E-state index in [1.165, 1.54) is 0 Å². The molecule has 0 atom stereocenters. The SMILES string of the molecule is COc1cc(CNCc2ccc3c(c2)OCO3)ccc1O. The third-order valence-electron chi connectivity index (χ3n) is 3.34. The highest BCUT2D eigenvalue weighted by Crippen LogP contribution is 2.32. The Hall–Kier alpha value is -2.40. The molecule has 110 valence electrons. The number of fused-ring (bicyclic) bond motifs is 1. The Bertz CT molecular complexity index is 631. The number of benzene rings is 2. The molecule has 0 spiro atoms. The van der Waals surface area contributed by atoms with E-state index in [2.05, 4.69) is 5.32 Å². The molecule has 5 heteroatoms. The molecular weight excluding hydrogens is 270 g/mol. The minimum Gasteiger partial charge on any atom is -0.504 e. The van der Waals surface area contributed by atoms with Crippen LogP contribution in [-0.2, 0) is 13.1 Å². The van der Waals surface area contributed by atoms with Crippen LogP contribution in [0, 0.1) is 0 Å². The molecule has 1 aliphatic rings. The molecule has 0 amide bonds. The number of phenolic OH excluding ortho intramolecular Hbond substituents is 1. The zero-order valence-electron chi connectivity index (χ0n) is 11.8. The first-order valence-electron chi connectivity index (χ1n) is 6.71. The highest BCUT2D eigenvalue weighted by atomic mass is 16.7. The predicted octanol–water partition coefficient (Wildman–Crippen LogP) is 2.42. The molecule has 2 aromatic rings. The van der Waals surface area contributed by atoms with Gasteiger partial charge in [0.1, 0.15) is 0 Å². The summed E-state index contributed by atoms with van der Waals surface area (Å²) in [6.07, 6.45) is 0. The number of phenols is 1. The van der Waals surface area contributed by atoms with Gasteiger partial charge in [0.2, 0.25) is 6.79 Å². The second-order valence-electron chi connectivity index (χ2n) is 4.80. The van der Waals surface area contributed by atoms with Crippen molar-refractivity contribution < 1.29 is 19.3 Å². The van der Waals surface area contributed by atoms with E-state index in [9.17, 15) is 5.11 Å². The number of hydrogen-bond donors (Lipinski definition) is 2. The van der Waals surface area contributed by atoms with Crippen molar-refractivity contribution in [2.45, 2.75) is 13.1 Å². The highest BCUT2D eigenvalue weighted by Gasteiger charge is 2.12. The Labute approximate surface area is 123 Å². The van der Waals surface area contributed by atoms with Crippen molar-refractivity contribution in [1.82, 2.24) is 5.32 Å². The van der Waals surface area contributed by atoms with Crippen LogP contribution < -0.4 is 19.5 Å². The second-order valence-corrected chi connectivity index (χ2v) is 4.80. The minimum atomic E-state index is 0.150. The third-order valence-corrected chi connectivity index (χ3v) is 3.34. The van der Waals surface area contributed by atoms with Crippen molar-refractivity contribution in [3.05, 3.63) is 47.5 Å². The number of hydrogen-bond acceptors (Lipinski definition) is 5. The van der Waals surface area contributed by atoms with Gasteiger partial charge < -0.3 is 24.6 Å². The van der Waals surface area contributed by atoms with Gasteiger partial charge in [0.25, 0.3) is 0 Å². The van der Waals surface area contributed by atoms with Crippen molar-refractivity contribution in [2.24, 2.45) is 0 Å². The Balaban J connectivity index is 1.58. The van der Waals surface area contributed by atoms with Crippen LogP contribution in [-0.4, -0.2) is 19.0 Å². The summed E-state index contributed by atoms with van der Waals surface area (Å²) in [5.41, 5.74) is 2.18. The molecule has 0 saturated carbocycles. The molecule has 0 fully saturated rings. The van der Waals surface area contributed by atoms with Gasteiger partial charge in [-0.25, -0.2) is 0 Å². The van der Waals surface area contributed by atoms with Crippen molar-refractivity contribution in [3.63, 3.8) is 0 Å². The zero-order chi connectivity index (χ0) is 14.7. The van der Waals surface area contributed by atoms with E-state index in [0.29, 0.717) is 19.1 Å². The average molecular weight is 287 g/mol. The lowest BCUT2D eigenvalue weighted by atomic mass is 10.1. The number of nitrogens with one attached hydrogen (secondary N) is 1. The van der Waals surface area contributed by atoms with Gasteiger partial charge in [-0.3, -0.25) is 0 Å². The molecule has 0 radical (unpaired) electrons. The molecule has 0 aliphatic carbocycles. The van der Waals surface area contributed by atoms with E-state index in [-0.39, 0.29) is 5.75 Å². The Kier molecular flexibility index (Phi) is 3.83. The summed E-state index contributed by atoms with van der Waals surface area (Å²) in [5.74, 6) is 2.22. The average Bonchev–Trinajstić information content (AvgIpc) is 2.96. The standard InChI is InChI=1S/C16H17NO4/c1-19-15-6-11(2-4-13(15)18)8-17-9-12-3-5-14-16(7-12)21-10-20-14/h2-7,17-18H,8-10H2,1H3. The van der Waals surface area contributed by atoms with E-state index in [1.807, 2.05) is 30.3 Å². The van der Waals surface area contributed by atoms with Crippen LogP contribution >= 0.6 is 0 Å². The molecule has 5 nitrogen and oxygen atoms in total. The fourth-order valence-corrected chi connectivity index (χ4v) is 2.23. The van der Waals surface area contributed by atoms with Gasteiger partial charge in [0, 0.05) is 13.1 Å².